The minimum atomic E-state index is -0.0171. The zero-order valence-electron chi connectivity index (χ0n) is 8.66. The Hall–Kier alpha value is -1.19. The van der Waals surface area contributed by atoms with Crippen LogP contribution in [0, 0.1) is 0 Å². The third-order valence-electron chi connectivity index (χ3n) is 2.73. The average molecular weight is 193 g/mol. The van der Waals surface area contributed by atoms with E-state index in [0.29, 0.717) is 0 Å². The first-order chi connectivity index (χ1) is 6.72. The first-order valence-corrected chi connectivity index (χ1v) is 5.16. The number of hydrogen-bond acceptors (Lipinski definition) is 3. The van der Waals surface area contributed by atoms with Gasteiger partial charge in [0.25, 0.3) is 0 Å². The van der Waals surface area contributed by atoms with Crippen LogP contribution in [0.2, 0.25) is 0 Å². The second-order valence-corrected chi connectivity index (χ2v) is 3.77. The fourth-order valence-electron chi connectivity index (χ4n) is 1.93. The first-order valence-electron chi connectivity index (χ1n) is 5.16. The molecule has 1 aliphatic heterocycles. The predicted octanol–water partition coefficient (Wildman–Crippen LogP) is 1.31. The zero-order chi connectivity index (χ0) is 10.1. The molecule has 0 aromatic carbocycles. The Morgan fingerprint density at radius 3 is 3.07 bits per heavy atom. The number of aromatic nitrogens is 3. The van der Waals surface area contributed by atoms with Crippen molar-refractivity contribution in [3.05, 3.63) is 11.6 Å². The molecule has 0 radical (unpaired) electrons. The maximum Gasteiger partial charge on any atom is 0.150 e. The zero-order valence-corrected chi connectivity index (χ0v) is 8.66. The van der Waals surface area contributed by atoms with E-state index in [1.54, 1.807) is 6.92 Å². The number of fused-ring (bicyclic) bond motifs is 1. The highest BCUT2D eigenvalue weighted by Crippen LogP contribution is 2.26. The van der Waals surface area contributed by atoms with Crippen LogP contribution in [0.4, 0.5) is 0 Å². The van der Waals surface area contributed by atoms with Crippen LogP contribution < -0.4 is 0 Å². The van der Waals surface area contributed by atoms with E-state index in [0.717, 1.165) is 37.5 Å². The fraction of sp³-hybridized carbons (Fsp3) is 0.700. The van der Waals surface area contributed by atoms with Crippen LogP contribution in [-0.4, -0.2) is 20.5 Å². The Morgan fingerprint density at radius 1 is 1.64 bits per heavy atom. The third kappa shape index (κ3) is 1.45. The van der Waals surface area contributed by atoms with Gasteiger partial charge in [-0.25, -0.2) is 9.67 Å². The highest BCUT2D eigenvalue weighted by atomic mass is 16.1. The SMILES string of the molecule is CCc1nc2n(n1)CCCC2C(C)=O. The smallest absolute Gasteiger partial charge is 0.150 e. The van der Waals surface area contributed by atoms with E-state index >= 15 is 0 Å². The van der Waals surface area contributed by atoms with Crippen LogP contribution in [0.15, 0.2) is 0 Å². The van der Waals surface area contributed by atoms with Gasteiger partial charge in [-0.2, -0.15) is 5.10 Å². The summed E-state index contributed by atoms with van der Waals surface area (Å²) in [6, 6.07) is 0. The Kier molecular flexibility index (Phi) is 2.35. The molecule has 76 valence electrons. The Balaban J connectivity index is 2.38. The van der Waals surface area contributed by atoms with Gasteiger partial charge in [-0.1, -0.05) is 6.92 Å². The molecule has 4 heteroatoms. The summed E-state index contributed by atoms with van der Waals surface area (Å²) in [5.41, 5.74) is 0. The van der Waals surface area contributed by atoms with Crippen molar-refractivity contribution in [1.29, 1.82) is 0 Å². The van der Waals surface area contributed by atoms with Crippen LogP contribution in [0.5, 0.6) is 0 Å². The lowest BCUT2D eigenvalue weighted by atomic mass is 9.96. The van der Waals surface area contributed by atoms with Crippen molar-refractivity contribution in [3.63, 3.8) is 0 Å². The highest BCUT2D eigenvalue weighted by Gasteiger charge is 2.26. The average Bonchev–Trinajstić information content (AvgIpc) is 2.59. The molecule has 0 fully saturated rings. The summed E-state index contributed by atoms with van der Waals surface area (Å²) in [6.45, 7) is 4.58. The van der Waals surface area contributed by atoms with Crippen molar-refractivity contribution in [2.75, 3.05) is 0 Å². The molecule has 1 aliphatic rings. The summed E-state index contributed by atoms with van der Waals surface area (Å²) >= 11 is 0. The number of hydrogen-bond donors (Lipinski definition) is 0. The minimum Gasteiger partial charge on any atom is -0.299 e. The number of aryl methyl sites for hydroxylation is 2. The second kappa shape index (κ2) is 3.52. The Bertz CT molecular complexity index is 356. The maximum atomic E-state index is 11.4. The molecule has 0 saturated heterocycles. The topological polar surface area (TPSA) is 47.8 Å². The molecule has 1 aromatic heterocycles. The van der Waals surface area contributed by atoms with Crippen molar-refractivity contribution < 1.29 is 4.79 Å². The molecule has 2 rings (SSSR count). The number of rotatable bonds is 2. The van der Waals surface area contributed by atoms with Gasteiger partial charge in [-0.05, 0) is 19.8 Å². The number of carbonyl (C=O) groups excluding carboxylic acids is 1. The van der Waals surface area contributed by atoms with E-state index in [4.69, 9.17) is 0 Å². The van der Waals surface area contributed by atoms with Crippen LogP contribution >= 0.6 is 0 Å². The standard InChI is InChI=1S/C10H15N3O/c1-3-9-11-10-8(7(2)14)5-4-6-13(10)12-9/h8H,3-6H2,1-2H3. The monoisotopic (exact) mass is 193 g/mol. The van der Waals surface area contributed by atoms with Gasteiger partial charge in [-0.3, -0.25) is 4.79 Å². The normalized spacial score (nSPS) is 20.6. The summed E-state index contributed by atoms with van der Waals surface area (Å²) in [7, 11) is 0. The van der Waals surface area contributed by atoms with Crippen molar-refractivity contribution in [2.24, 2.45) is 0 Å². The van der Waals surface area contributed by atoms with Crippen LogP contribution in [0.1, 0.15) is 44.3 Å². The highest BCUT2D eigenvalue weighted by molar-refractivity contribution is 5.82. The summed E-state index contributed by atoms with van der Waals surface area (Å²) in [6.07, 6.45) is 2.80. The van der Waals surface area contributed by atoms with Gasteiger partial charge in [0.15, 0.2) is 5.82 Å². The molecular formula is C10H15N3O. The molecule has 0 aliphatic carbocycles. The number of carbonyl (C=O) groups is 1. The molecule has 0 N–H and O–H groups in total. The first kappa shape index (κ1) is 9.37. The predicted molar refractivity (Wildman–Crippen MR) is 52.1 cm³/mol. The van der Waals surface area contributed by atoms with E-state index in [9.17, 15) is 4.79 Å². The van der Waals surface area contributed by atoms with Gasteiger partial charge < -0.3 is 0 Å². The van der Waals surface area contributed by atoms with Gasteiger partial charge in [-0.15, -0.1) is 0 Å². The molecule has 14 heavy (non-hydrogen) atoms. The molecule has 2 heterocycles. The van der Waals surface area contributed by atoms with Crippen LogP contribution in [0.3, 0.4) is 0 Å². The summed E-state index contributed by atoms with van der Waals surface area (Å²) in [4.78, 5) is 15.8. The lowest BCUT2D eigenvalue weighted by Gasteiger charge is -2.19. The van der Waals surface area contributed by atoms with Crippen LogP contribution in [-0.2, 0) is 17.8 Å². The van der Waals surface area contributed by atoms with Gasteiger partial charge in [0.2, 0.25) is 0 Å². The van der Waals surface area contributed by atoms with E-state index in [2.05, 4.69) is 10.1 Å². The van der Waals surface area contributed by atoms with E-state index in [-0.39, 0.29) is 11.7 Å². The van der Waals surface area contributed by atoms with E-state index in [1.165, 1.54) is 0 Å². The molecule has 1 aromatic rings. The lowest BCUT2D eigenvalue weighted by Crippen LogP contribution is -2.21. The number of nitrogens with zero attached hydrogens (tertiary/aromatic N) is 3. The third-order valence-corrected chi connectivity index (χ3v) is 2.73. The summed E-state index contributed by atoms with van der Waals surface area (Å²) < 4.78 is 1.90. The van der Waals surface area contributed by atoms with Crippen molar-refractivity contribution in [3.8, 4) is 0 Å². The minimum absolute atomic E-state index is 0.0171. The maximum absolute atomic E-state index is 11.4. The molecule has 4 nitrogen and oxygen atoms in total. The Labute approximate surface area is 83.3 Å². The van der Waals surface area contributed by atoms with Gasteiger partial charge in [0.1, 0.15) is 11.6 Å². The molecule has 0 amide bonds. The van der Waals surface area contributed by atoms with Gasteiger partial charge in [0.05, 0.1) is 5.92 Å². The van der Waals surface area contributed by atoms with E-state index in [1.807, 2.05) is 11.6 Å². The summed E-state index contributed by atoms with van der Waals surface area (Å²) in [5.74, 6) is 1.92. The quantitative estimate of drug-likeness (QED) is 0.711. The molecule has 0 bridgehead atoms. The van der Waals surface area contributed by atoms with Gasteiger partial charge >= 0.3 is 0 Å². The second-order valence-electron chi connectivity index (χ2n) is 3.77. The molecule has 1 unspecified atom stereocenters. The fourth-order valence-corrected chi connectivity index (χ4v) is 1.93. The molecular weight excluding hydrogens is 178 g/mol. The van der Waals surface area contributed by atoms with Gasteiger partial charge in [0, 0.05) is 13.0 Å². The number of Topliss-reactive ketones (excluding diaryl/α,β-unsaturated/α-hetero) is 1. The van der Waals surface area contributed by atoms with Crippen molar-refractivity contribution in [2.45, 2.75) is 45.6 Å². The van der Waals surface area contributed by atoms with Crippen molar-refractivity contribution in [1.82, 2.24) is 14.8 Å². The molecule has 0 saturated carbocycles. The largest absolute Gasteiger partial charge is 0.299 e. The van der Waals surface area contributed by atoms with Crippen LogP contribution in [0.25, 0.3) is 0 Å². The summed E-state index contributed by atoms with van der Waals surface area (Å²) in [5, 5.41) is 4.36. The van der Waals surface area contributed by atoms with Crippen molar-refractivity contribution >= 4 is 5.78 Å². The molecule has 1 atom stereocenters. The Morgan fingerprint density at radius 2 is 2.43 bits per heavy atom. The molecule has 0 spiro atoms. The number of ketones is 1. The lowest BCUT2D eigenvalue weighted by molar-refractivity contribution is -0.119. The van der Waals surface area contributed by atoms with E-state index < -0.39 is 0 Å².